The molecule has 9 heteroatoms. The second-order valence-electron chi connectivity index (χ2n) is 6.41. The van der Waals surface area contributed by atoms with E-state index in [1.165, 1.54) is 12.1 Å². The number of benzene rings is 2. The molecule has 148 valence electrons. The first-order valence-corrected chi connectivity index (χ1v) is 10.1. The standard InChI is InChI=1S/C20H16F2N4O2S/c1-14-23-24-20-19(8-5-11-25(14)20)29(27,28)26(13-15-6-3-2-4-7-15)16-9-10-17(21)18(22)12-16/h2-12H,13H2,1H3. The molecule has 29 heavy (non-hydrogen) atoms. The minimum absolute atomic E-state index is 0.00555. The normalized spacial score (nSPS) is 11.7. The predicted octanol–water partition coefficient (Wildman–Crippen LogP) is 3.71. The van der Waals surface area contributed by atoms with Crippen LogP contribution in [0.5, 0.6) is 0 Å². The molecule has 4 rings (SSSR count). The Morgan fingerprint density at radius 1 is 0.966 bits per heavy atom. The predicted molar refractivity (Wildman–Crippen MR) is 104 cm³/mol. The van der Waals surface area contributed by atoms with Gasteiger partial charge < -0.3 is 0 Å². The largest absolute Gasteiger partial charge is 0.286 e. The highest BCUT2D eigenvalue weighted by Crippen LogP contribution is 2.29. The van der Waals surface area contributed by atoms with Gasteiger partial charge in [-0.05, 0) is 36.8 Å². The van der Waals surface area contributed by atoms with E-state index in [-0.39, 0.29) is 22.8 Å². The summed E-state index contributed by atoms with van der Waals surface area (Å²) in [6.45, 7) is 1.63. The summed E-state index contributed by atoms with van der Waals surface area (Å²) in [5.41, 5.74) is 0.849. The highest BCUT2D eigenvalue weighted by Gasteiger charge is 2.29. The number of hydrogen-bond donors (Lipinski definition) is 0. The van der Waals surface area contributed by atoms with Crippen LogP contribution in [0.4, 0.5) is 14.5 Å². The first-order chi connectivity index (χ1) is 13.9. The Balaban J connectivity index is 1.90. The van der Waals surface area contributed by atoms with Crippen molar-refractivity contribution in [2.75, 3.05) is 4.31 Å². The third-order valence-electron chi connectivity index (χ3n) is 4.50. The Morgan fingerprint density at radius 2 is 1.72 bits per heavy atom. The monoisotopic (exact) mass is 414 g/mol. The molecule has 0 aliphatic carbocycles. The maximum absolute atomic E-state index is 13.9. The summed E-state index contributed by atoms with van der Waals surface area (Å²) >= 11 is 0. The molecule has 2 heterocycles. The molecule has 0 radical (unpaired) electrons. The molecular weight excluding hydrogens is 398 g/mol. The van der Waals surface area contributed by atoms with Crippen LogP contribution in [0.15, 0.2) is 71.8 Å². The highest BCUT2D eigenvalue weighted by atomic mass is 32.2. The first kappa shape index (κ1) is 19.0. The number of anilines is 1. The zero-order valence-corrected chi connectivity index (χ0v) is 16.1. The zero-order chi connectivity index (χ0) is 20.6. The van der Waals surface area contributed by atoms with Crippen LogP contribution in [0, 0.1) is 18.6 Å². The molecule has 0 aliphatic rings. The molecule has 0 bridgehead atoms. The number of aryl methyl sites for hydroxylation is 1. The van der Waals surface area contributed by atoms with Gasteiger partial charge in [0.2, 0.25) is 0 Å². The lowest BCUT2D eigenvalue weighted by atomic mass is 10.2. The van der Waals surface area contributed by atoms with Crippen molar-refractivity contribution in [1.82, 2.24) is 14.6 Å². The molecule has 2 aromatic carbocycles. The Labute approximate surface area is 166 Å². The number of sulfonamides is 1. The average Bonchev–Trinajstić information content (AvgIpc) is 3.10. The van der Waals surface area contributed by atoms with Crippen LogP contribution in [0.1, 0.15) is 11.4 Å². The summed E-state index contributed by atoms with van der Waals surface area (Å²) in [5.74, 6) is -1.66. The third kappa shape index (κ3) is 3.44. The van der Waals surface area contributed by atoms with Gasteiger partial charge >= 0.3 is 0 Å². The van der Waals surface area contributed by atoms with E-state index in [1.807, 2.05) is 0 Å². The van der Waals surface area contributed by atoms with Gasteiger partial charge in [-0.25, -0.2) is 17.2 Å². The molecule has 2 aromatic heterocycles. The molecule has 0 unspecified atom stereocenters. The Morgan fingerprint density at radius 3 is 2.45 bits per heavy atom. The number of halogens is 2. The maximum Gasteiger partial charge on any atom is 0.268 e. The fourth-order valence-electron chi connectivity index (χ4n) is 3.03. The van der Waals surface area contributed by atoms with E-state index in [9.17, 15) is 17.2 Å². The van der Waals surface area contributed by atoms with Crippen molar-refractivity contribution in [3.63, 3.8) is 0 Å². The van der Waals surface area contributed by atoms with Crippen molar-refractivity contribution in [2.45, 2.75) is 18.4 Å². The van der Waals surface area contributed by atoms with E-state index in [0.29, 0.717) is 11.4 Å². The van der Waals surface area contributed by atoms with E-state index in [4.69, 9.17) is 0 Å². The van der Waals surface area contributed by atoms with Gasteiger partial charge in [-0.15, -0.1) is 10.2 Å². The lowest BCUT2D eigenvalue weighted by Gasteiger charge is -2.25. The van der Waals surface area contributed by atoms with Gasteiger partial charge in [0.15, 0.2) is 17.3 Å². The van der Waals surface area contributed by atoms with Crippen LogP contribution in [0.2, 0.25) is 0 Å². The maximum atomic E-state index is 13.9. The SMILES string of the molecule is Cc1nnc2c(S(=O)(=O)N(Cc3ccccc3)c3ccc(F)c(F)c3)cccn12. The van der Waals surface area contributed by atoms with Crippen LogP contribution < -0.4 is 4.31 Å². The summed E-state index contributed by atoms with van der Waals surface area (Å²) in [5, 5.41) is 7.90. The van der Waals surface area contributed by atoms with Crippen molar-refractivity contribution in [2.24, 2.45) is 0 Å². The molecule has 0 amide bonds. The summed E-state index contributed by atoms with van der Waals surface area (Å²) < 4.78 is 57.1. The Bertz CT molecular complexity index is 1290. The molecule has 0 fully saturated rings. The number of aromatic nitrogens is 3. The summed E-state index contributed by atoms with van der Waals surface area (Å²) in [4.78, 5) is -0.0822. The second-order valence-corrected chi connectivity index (χ2v) is 8.24. The van der Waals surface area contributed by atoms with Gasteiger partial charge in [0.05, 0.1) is 12.2 Å². The van der Waals surface area contributed by atoms with Gasteiger partial charge in [-0.2, -0.15) is 0 Å². The summed E-state index contributed by atoms with van der Waals surface area (Å²) in [7, 11) is -4.17. The number of nitrogens with zero attached hydrogens (tertiary/aromatic N) is 4. The lowest BCUT2D eigenvalue weighted by Crippen LogP contribution is -2.31. The number of pyridine rings is 1. The van der Waals surface area contributed by atoms with Crippen LogP contribution in [-0.2, 0) is 16.6 Å². The van der Waals surface area contributed by atoms with Gasteiger partial charge in [-0.3, -0.25) is 8.71 Å². The molecule has 0 aliphatic heterocycles. The van der Waals surface area contributed by atoms with Crippen LogP contribution in [0.3, 0.4) is 0 Å². The lowest BCUT2D eigenvalue weighted by molar-refractivity contribution is 0.508. The number of hydrogen-bond acceptors (Lipinski definition) is 4. The highest BCUT2D eigenvalue weighted by molar-refractivity contribution is 7.93. The van der Waals surface area contributed by atoms with E-state index < -0.39 is 21.7 Å². The van der Waals surface area contributed by atoms with Gasteiger partial charge in [0.25, 0.3) is 10.0 Å². The number of fused-ring (bicyclic) bond motifs is 1. The topological polar surface area (TPSA) is 67.6 Å². The molecule has 0 atom stereocenters. The van der Waals surface area contributed by atoms with Crippen molar-refractivity contribution < 1.29 is 17.2 Å². The quantitative estimate of drug-likeness (QED) is 0.499. The third-order valence-corrected chi connectivity index (χ3v) is 6.29. The summed E-state index contributed by atoms with van der Waals surface area (Å²) in [6.07, 6.45) is 1.66. The van der Waals surface area contributed by atoms with E-state index >= 15 is 0 Å². The smallest absolute Gasteiger partial charge is 0.268 e. The van der Waals surface area contributed by atoms with Crippen molar-refractivity contribution in [3.05, 3.63) is 89.9 Å². The van der Waals surface area contributed by atoms with Gasteiger partial charge in [0, 0.05) is 12.3 Å². The second kappa shape index (κ2) is 7.25. The molecular formula is C20H16F2N4O2S. The van der Waals surface area contributed by atoms with Crippen LogP contribution >= 0.6 is 0 Å². The average molecular weight is 414 g/mol. The van der Waals surface area contributed by atoms with E-state index in [0.717, 1.165) is 16.4 Å². The Hall–Kier alpha value is -3.33. The van der Waals surface area contributed by atoms with Crippen LogP contribution in [-0.4, -0.2) is 23.0 Å². The fraction of sp³-hybridized carbons (Fsp3) is 0.100. The minimum atomic E-state index is -4.17. The van der Waals surface area contributed by atoms with Gasteiger partial charge in [-0.1, -0.05) is 30.3 Å². The van der Waals surface area contributed by atoms with Gasteiger partial charge in [0.1, 0.15) is 10.7 Å². The van der Waals surface area contributed by atoms with Crippen molar-refractivity contribution >= 4 is 21.4 Å². The van der Waals surface area contributed by atoms with E-state index in [2.05, 4.69) is 10.2 Å². The van der Waals surface area contributed by atoms with E-state index in [1.54, 1.807) is 53.9 Å². The first-order valence-electron chi connectivity index (χ1n) is 8.70. The van der Waals surface area contributed by atoms with Crippen molar-refractivity contribution in [3.8, 4) is 0 Å². The van der Waals surface area contributed by atoms with Crippen molar-refractivity contribution in [1.29, 1.82) is 0 Å². The zero-order valence-electron chi connectivity index (χ0n) is 15.3. The fourth-order valence-corrected chi connectivity index (χ4v) is 4.60. The molecule has 0 saturated carbocycles. The summed E-state index contributed by atoms with van der Waals surface area (Å²) in [6, 6.07) is 14.8. The molecule has 4 aromatic rings. The minimum Gasteiger partial charge on any atom is -0.286 e. The van der Waals surface area contributed by atoms with Crippen LogP contribution in [0.25, 0.3) is 5.65 Å². The molecule has 0 N–H and O–H groups in total. The molecule has 0 saturated heterocycles. The molecule has 0 spiro atoms. The molecule has 6 nitrogen and oxygen atoms in total. The Kier molecular flexibility index (Phi) is 4.75. The number of rotatable bonds is 5.